The first kappa shape index (κ1) is 11.2. The quantitative estimate of drug-likeness (QED) is 0.665. The number of aromatic nitrogens is 4. The number of hydrogen-bond acceptors (Lipinski definition) is 7. The highest BCUT2D eigenvalue weighted by Gasteiger charge is 2.27. The summed E-state index contributed by atoms with van der Waals surface area (Å²) in [6, 6.07) is 0. The Balaban J connectivity index is 2.03. The van der Waals surface area contributed by atoms with Crippen LogP contribution in [-0.2, 0) is 4.74 Å². The third-order valence-corrected chi connectivity index (χ3v) is 3.06. The summed E-state index contributed by atoms with van der Waals surface area (Å²) in [6.45, 7) is 0.0163. The number of anilines is 2. The van der Waals surface area contributed by atoms with E-state index in [1.807, 2.05) is 0 Å². The number of nitrogen functional groups attached to an aromatic ring is 2. The smallest absolute Gasteiger partial charge is 0.224 e. The maximum Gasteiger partial charge on any atom is 0.224 e. The van der Waals surface area contributed by atoms with Crippen molar-refractivity contribution in [2.75, 3.05) is 18.1 Å². The van der Waals surface area contributed by atoms with Gasteiger partial charge in [0.15, 0.2) is 11.5 Å². The van der Waals surface area contributed by atoms with Crippen LogP contribution in [0, 0.1) is 0 Å². The number of ether oxygens (including phenoxy) is 1. The molecule has 1 aliphatic heterocycles. The van der Waals surface area contributed by atoms with Crippen molar-refractivity contribution in [3.63, 3.8) is 0 Å². The summed E-state index contributed by atoms with van der Waals surface area (Å²) in [7, 11) is 0. The Bertz CT molecular complexity index is 583. The van der Waals surface area contributed by atoms with Gasteiger partial charge < -0.3 is 21.3 Å². The summed E-state index contributed by atoms with van der Waals surface area (Å²) in [4.78, 5) is 12.2. The number of nitrogens with zero attached hydrogens (tertiary/aromatic N) is 4. The first-order chi connectivity index (χ1) is 8.69. The van der Waals surface area contributed by atoms with E-state index in [4.69, 9.17) is 21.3 Å². The first-order valence-electron chi connectivity index (χ1n) is 5.71. The summed E-state index contributed by atoms with van der Waals surface area (Å²) in [6.07, 6.45) is 2.88. The number of hydrogen-bond donors (Lipinski definition) is 3. The van der Waals surface area contributed by atoms with E-state index in [0.717, 1.165) is 12.8 Å². The highest BCUT2D eigenvalue weighted by atomic mass is 16.5. The SMILES string of the molecule is Nc1nc(N)c2ncn([C@H]3CC[C@H](CO)O3)c2n1. The van der Waals surface area contributed by atoms with Crippen LogP contribution in [0.2, 0.25) is 0 Å². The van der Waals surface area contributed by atoms with Crippen molar-refractivity contribution in [3.05, 3.63) is 6.33 Å². The highest BCUT2D eigenvalue weighted by Crippen LogP contribution is 2.30. The van der Waals surface area contributed by atoms with Gasteiger partial charge in [0.2, 0.25) is 5.95 Å². The lowest BCUT2D eigenvalue weighted by atomic mass is 10.2. The molecule has 3 heterocycles. The van der Waals surface area contributed by atoms with Crippen LogP contribution in [0.3, 0.4) is 0 Å². The molecule has 0 spiro atoms. The van der Waals surface area contributed by atoms with Gasteiger partial charge in [0.1, 0.15) is 11.7 Å². The molecule has 0 bridgehead atoms. The molecule has 1 fully saturated rings. The Morgan fingerprint density at radius 1 is 1.39 bits per heavy atom. The van der Waals surface area contributed by atoms with Crippen LogP contribution < -0.4 is 11.5 Å². The molecule has 0 aliphatic carbocycles. The monoisotopic (exact) mass is 250 g/mol. The lowest BCUT2D eigenvalue weighted by Crippen LogP contribution is -2.14. The topological polar surface area (TPSA) is 125 Å². The van der Waals surface area contributed by atoms with Gasteiger partial charge in [-0.05, 0) is 12.8 Å². The number of nitrogens with two attached hydrogens (primary N) is 2. The molecular formula is C10H14N6O2. The Hall–Kier alpha value is -1.93. The van der Waals surface area contributed by atoms with Crippen LogP contribution in [0.1, 0.15) is 19.1 Å². The standard InChI is InChI=1S/C10H14N6O2/c11-8-7-9(15-10(12)14-8)16(4-13-7)6-2-1-5(3-17)18-6/h4-6,17H,1-3H2,(H4,11,12,14,15)/t5-,6-/m1/s1. The molecule has 5 N–H and O–H groups in total. The van der Waals surface area contributed by atoms with E-state index >= 15 is 0 Å². The van der Waals surface area contributed by atoms with Crippen molar-refractivity contribution < 1.29 is 9.84 Å². The second-order valence-corrected chi connectivity index (χ2v) is 4.26. The molecule has 0 radical (unpaired) electrons. The molecule has 1 aliphatic rings. The lowest BCUT2D eigenvalue weighted by molar-refractivity contribution is -0.0207. The summed E-state index contributed by atoms with van der Waals surface area (Å²) in [5.41, 5.74) is 12.4. The molecule has 0 amide bonds. The highest BCUT2D eigenvalue weighted by molar-refractivity contribution is 5.82. The normalized spacial score (nSPS) is 23.8. The largest absolute Gasteiger partial charge is 0.394 e. The van der Waals surface area contributed by atoms with E-state index in [2.05, 4.69) is 15.0 Å². The minimum absolute atomic E-state index is 0.0163. The molecule has 8 nitrogen and oxygen atoms in total. The van der Waals surface area contributed by atoms with Crippen LogP contribution in [0.15, 0.2) is 6.33 Å². The maximum atomic E-state index is 9.07. The molecule has 18 heavy (non-hydrogen) atoms. The van der Waals surface area contributed by atoms with E-state index in [-0.39, 0.29) is 30.7 Å². The lowest BCUT2D eigenvalue weighted by Gasteiger charge is -2.13. The minimum atomic E-state index is -0.194. The molecule has 1 saturated heterocycles. The maximum absolute atomic E-state index is 9.07. The second-order valence-electron chi connectivity index (χ2n) is 4.26. The Morgan fingerprint density at radius 2 is 2.22 bits per heavy atom. The van der Waals surface area contributed by atoms with Crippen molar-refractivity contribution >= 4 is 22.9 Å². The van der Waals surface area contributed by atoms with Crippen molar-refractivity contribution in [1.29, 1.82) is 0 Å². The summed E-state index contributed by atoms with van der Waals surface area (Å²) in [5, 5.41) is 9.07. The van der Waals surface area contributed by atoms with Gasteiger partial charge in [0.25, 0.3) is 0 Å². The van der Waals surface area contributed by atoms with Gasteiger partial charge in [-0.1, -0.05) is 0 Å². The van der Waals surface area contributed by atoms with Gasteiger partial charge >= 0.3 is 0 Å². The molecule has 0 saturated carbocycles. The van der Waals surface area contributed by atoms with Gasteiger partial charge in [-0.2, -0.15) is 9.97 Å². The average molecular weight is 250 g/mol. The molecule has 0 unspecified atom stereocenters. The molecule has 2 aromatic rings. The number of aliphatic hydroxyl groups is 1. The average Bonchev–Trinajstić information content (AvgIpc) is 2.93. The Kier molecular flexibility index (Phi) is 2.53. The van der Waals surface area contributed by atoms with E-state index in [9.17, 15) is 0 Å². The van der Waals surface area contributed by atoms with Gasteiger partial charge in [0.05, 0.1) is 19.0 Å². The Morgan fingerprint density at radius 3 is 2.94 bits per heavy atom. The van der Waals surface area contributed by atoms with Gasteiger partial charge in [-0.15, -0.1) is 0 Å². The van der Waals surface area contributed by atoms with Crippen LogP contribution in [0.4, 0.5) is 11.8 Å². The second kappa shape index (κ2) is 4.07. The third kappa shape index (κ3) is 1.66. The fraction of sp³-hybridized carbons (Fsp3) is 0.500. The van der Waals surface area contributed by atoms with Crippen LogP contribution in [0.5, 0.6) is 0 Å². The van der Waals surface area contributed by atoms with Crippen LogP contribution in [0.25, 0.3) is 11.2 Å². The van der Waals surface area contributed by atoms with Crippen molar-refractivity contribution in [3.8, 4) is 0 Å². The van der Waals surface area contributed by atoms with E-state index in [1.54, 1.807) is 10.9 Å². The summed E-state index contributed by atoms with van der Waals surface area (Å²) in [5.74, 6) is 0.367. The molecule has 96 valence electrons. The summed E-state index contributed by atoms with van der Waals surface area (Å²) >= 11 is 0. The number of aliphatic hydroxyl groups excluding tert-OH is 1. The van der Waals surface area contributed by atoms with E-state index in [0.29, 0.717) is 11.2 Å². The molecule has 8 heteroatoms. The van der Waals surface area contributed by atoms with Crippen molar-refractivity contribution in [1.82, 2.24) is 19.5 Å². The van der Waals surface area contributed by atoms with Crippen molar-refractivity contribution in [2.24, 2.45) is 0 Å². The van der Waals surface area contributed by atoms with E-state index in [1.165, 1.54) is 0 Å². The Labute approximate surface area is 103 Å². The number of fused-ring (bicyclic) bond motifs is 1. The van der Waals surface area contributed by atoms with Gasteiger partial charge in [-0.25, -0.2) is 4.98 Å². The van der Waals surface area contributed by atoms with Crippen LogP contribution in [-0.4, -0.2) is 37.3 Å². The summed E-state index contributed by atoms with van der Waals surface area (Å²) < 4.78 is 7.45. The molecular weight excluding hydrogens is 236 g/mol. The number of imidazole rings is 1. The molecule has 3 rings (SSSR count). The first-order valence-corrected chi connectivity index (χ1v) is 5.71. The predicted octanol–water partition coefficient (Wildman–Crippen LogP) is -0.339. The third-order valence-electron chi connectivity index (χ3n) is 3.06. The molecule has 2 atom stereocenters. The zero-order valence-electron chi connectivity index (χ0n) is 9.65. The molecule has 0 aromatic carbocycles. The fourth-order valence-electron chi connectivity index (χ4n) is 2.19. The zero-order chi connectivity index (χ0) is 12.7. The van der Waals surface area contributed by atoms with Crippen molar-refractivity contribution in [2.45, 2.75) is 25.2 Å². The molecule has 2 aromatic heterocycles. The van der Waals surface area contributed by atoms with Crippen LogP contribution >= 0.6 is 0 Å². The van der Waals surface area contributed by atoms with Gasteiger partial charge in [0, 0.05) is 0 Å². The minimum Gasteiger partial charge on any atom is -0.394 e. The van der Waals surface area contributed by atoms with Gasteiger partial charge in [-0.3, -0.25) is 4.57 Å². The fourth-order valence-corrected chi connectivity index (χ4v) is 2.19. The zero-order valence-corrected chi connectivity index (χ0v) is 9.65. The number of rotatable bonds is 2. The predicted molar refractivity (Wildman–Crippen MR) is 64.4 cm³/mol. The van der Waals surface area contributed by atoms with E-state index < -0.39 is 0 Å².